The molecule has 0 bridgehead atoms. The molecular formula is C25H31Cl2N3O3S. The van der Waals surface area contributed by atoms with Crippen LogP contribution < -0.4 is 5.32 Å². The quantitative estimate of drug-likeness (QED) is 0.510. The van der Waals surface area contributed by atoms with Gasteiger partial charge in [-0.3, -0.25) is 14.6 Å². The number of nitrogens with zero attached hydrogens (tertiary/aromatic N) is 2. The first kappa shape index (κ1) is 25.5. The summed E-state index contributed by atoms with van der Waals surface area (Å²) in [6, 6.07) is 5.57. The Balaban J connectivity index is 1.35. The highest BCUT2D eigenvalue weighted by Gasteiger charge is 2.29. The Morgan fingerprint density at radius 1 is 1.15 bits per heavy atom. The van der Waals surface area contributed by atoms with Crippen molar-refractivity contribution >= 4 is 51.4 Å². The molecule has 0 spiro atoms. The highest BCUT2D eigenvalue weighted by atomic mass is 35.5. The minimum absolute atomic E-state index is 0.0974. The van der Waals surface area contributed by atoms with E-state index in [1.807, 2.05) is 18.2 Å². The molecule has 2 aromatic rings. The van der Waals surface area contributed by atoms with Gasteiger partial charge >= 0.3 is 5.97 Å². The van der Waals surface area contributed by atoms with E-state index in [-0.39, 0.29) is 11.9 Å². The number of amides is 1. The number of esters is 1. The van der Waals surface area contributed by atoms with Crippen molar-refractivity contribution in [1.82, 2.24) is 9.80 Å². The maximum Gasteiger partial charge on any atom is 0.341 e. The molecule has 4 rings (SSSR count). The molecule has 1 amide bonds. The monoisotopic (exact) mass is 523 g/mol. The molecule has 1 fully saturated rings. The van der Waals surface area contributed by atoms with Gasteiger partial charge in [-0.25, -0.2) is 4.79 Å². The van der Waals surface area contributed by atoms with Crippen LogP contribution >= 0.6 is 34.5 Å². The van der Waals surface area contributed by atoms with Crippen LogP contribution in [0.1, 0.15) is 46.6 Å². The third-order valence-corrected chi connectivity index (χ3v) is 8.40. The molecule has 0 radical (unpaired) electrons. The molecule has 9 heteroatoms. The summed E-state index contributed by atoms with van der Waals surface area (Å²) in [5, 5.41) is 5.02. The molecule has 6 nitrogen and oxygen atoms in total. The number of ether oxygens (including phenoxy) is 1. The van der Waals surface area contributed by atoms with Gasteiger partial charge in [-0.1, -0.05) is 36.2 Å². The summed E-state index contributed by atoms with van der Waals surface area (Å²) in [6.07, 6.45) is 2.85. The molecule has 1 unspecified atom stereocenters. The number of halogens is 2. The first-order chi connectivity index (χ1) is 16.4. The molecule has 2 aliphatic rings. The number of thiophene rings is 1. The second-order valence-corrected chi connectivity index (χ2v) is 11.0. The second kappa shape index (κ2) is 11.4. The molecule has 34 heavy (non-hydrogen) atoms. The Morgan fingerprint density at radius 3 is 2.50 bits per heavy atom. The summed E-state index contributed by atoms with van der Waals surface area (Å²) >= 11 is 14.2. The van der Waals surface area contributed by atoms with Crippen LogP contribution in [0.5, 0.6) is 0 Å². The predicted molar refractivity (Wildman–Crippen MR) is 138 cm³/mol. The third kappa shape index (κ3) is 5.94. The van der Waals surface area contributed by atoms with E-state index in [0.717, 1.165) is 56.6 Å². The van der Waals surface area contributed by atoms with Crippen LogP contribution in [0.3, 0.4) is 0 Å². The summed E-state index contributed by atoms with van der Waals surface area (Å²) in [7, 11) is 0. The van der Waals surface area contributed by atoms with Gasteiger partial charge in [0.25, 0.3) is 0 Å². The zero-order valence-corrected chi connectivity index (χ0v) is 22.0. The van der Waals surface area contributed by atoms with Crippen molar-refractivity contribution in [3.63, 3.8) is 0 Å². The molecule has 1 aliphatic carbocycles. The third-order valence-electron chi connectivity index (χ3n) is 6.52. The van der Waals surface area contributed by atoms with E-state index in [4.69, 9.17) is 27.9 Å². The lowest BCUT2D eigenvalue weighted by molar-refractivity contribution is -0.117. The van der Waals surface area contributed by atoms with E-state index >= 15 is 0 Å². The molecule has 1 aromatic heterocycles. The highest BCUT2D eigenvalue weighted by Crippen LogP contribution is 2.40. The highest BCUT2D eigenvalue weighted by molar-refractivity contribution is 7.17. The van der Waals surface area contributed by atoms with E-state index in [0.29, 0.717) is 46.2 Å². The topological polar surface area (TPSA) is 61.9 Å². The van der Waals surface area contributed by atoms with E-state index in [9.17, 15) is 9.59 Å². The molecule has 1 aliphatic heterocycles. The van der Waals surface area contributed by atoms with Crippen molar-refractivity contribution in [2.45, 2.75) is 39.7 Å². The summed E-state index contributed by atoms with van der Waals surface area (Å²) in [5.74, 6) is 0.151. The van der Waals surface area contributed by atoms with Gasteiger partial charge in [0.15, 0.2) is 0 Å². The standard InChI is InChI=1S/C25H31Cl2N3O3S/c1-3-33-25(32)23-17-8-7-16(2)13-21(17)34-24(23)28-22(31)15-30-11-9-29(10-12-30)14-18-19(26)5-4-6-20(18)27/h4-6,16H,3,7-15H2,1-2H3,(H,28,31). The average Bonchev–Trinajstić information content (AvgIpc) is 3.14. The molecule has 0 saturated carbocycles. The summed E-state index contributed by atoms with van der Waals surface area (Å²) in [6.45, 7) is 8.54. The van der Waals surface area contributed by atoms with Crippen molar-refractivity contribution in [2.75, 3.05) is 44.6 Å². The van der Waals surface area contributed by atoms with Gasteiger partial charge in [0.05, 0.1) is 18.7 Å². The average molecular weight is 525 g/mol. The molecular weight excluding hydrogens is 493 g/mol. The van der Waals surface area contributed by atoms with Crippen molar-refractivity contribution in [3.8, 4) is 0 Å². The zero-order valence-electron chi connectivity index (χ0n) is 19.7. The maximum atomic E-state index is 12.9. The van der Waals surface area contributed by atoms with Gasteiger partial charge in [-0.15, -0.1) is 11.3 Å². The van der Waals surface area contributed by atoms with Crippen LogP contribution in [0.2, 0.25) is 10.0 Å². The summed E-state index contributed by atoms with van der Waals surface area (Å²) < 4.78 is 5.31. The zero-order chi connectivity index (χ0) is 24.2. The number of fused-ring (bicyclic) bond motifs is 1. The van der Waals surface area contributed by atoms with Gasteiger partial charge in [0.1, 0.15) is 5.00 Å². The molecule has 1 saturated heterocycles. The predicted octanol–water partition coefficient (Wildman–Crippen LogP) is 5.11. The molecule has 184 valence electrons. The summed E-state index contributed by atoms with van der Waals surface area (Å²) in [5.41, 5.74) is 2.56. The second-order valence-electron chi connectivity index (χ2n) is 9.08. The van der Waals surface area contributed by atoms with Gasteiger partial charge in [-0.05, 0) is 49.8 Å². The fraction of sp³-hybridized carbons (Fsp3) is 0.520. The Hall–Kier alpha value is -1.64. The first-order valence-corrected chi connectivity index (χ1v) is 13.4. The van der Waals surface area contributed by atoms with Crippen molar-refractivity contribution in [1.29, 1.82) is 0 Å². The van der Waals surface area contributed by atoms with Gasteiger partial charge in [-0.2, -0.15) is 0 Å². The number of hydrogen-bond donors (Lipinski definition) is 1. The Kier molecular flexibility index (Phi) is 8.53. The van der Waals surface area contributed by atoms with Crippen LogP contribution in [0.4, 0.5) is 5.00 Å². The number of carbonyl (C=O) groups is 2. The number of hydrogen-bond acceptors (Lipinski definition) is 6. The molecule has 1 N–H and O–H groups in total. The maximum absolute atomic E-state index is 12.9. The number of carbonyl (C=O) groups excluding carboxylic acids is 2. The van der Waals surface area contributed by atoms with Gasteiger partial charge < -0.3 is 10.1 Å². The van der Waals surface area contributed by atoms with Crippen LogP contribution in [0, 0.1) is 5.92 Å². The number of anilines is 1. The van der Waals surface area contributed by atoms with Crippen LogP contribution in [-0.2, 0) is 28.9 Å². The van der Waals surface area contributed by atoms with Gasteiger partial charge in [0, 0.05) is 53.2 Å². The Bertz CT molecular complexity index is 1030. The minimum Gasteiger partial charge on any atom is -0.462 e. The van der Waals surface area contributed by atoms with E-state index in [2.05, 4.69) is 22.0 Å². The normalized spacial score (nSPS) is 19.0. The van der Waals surface area contributed by atoms with Crippen molar-refractivity contribution < 1.29 is 14.3 Å². The fourth-order valence-corrected chi connectivity index (χ4v) is 6.57. The lowest BCUT2D eigenvalue weighted by atomic mass is 9.88. The largest absolute Gasteiger partial charge is 0.462 e. The smallest absolute Gasteiger partial charge is 0.341 e. The number of rotatable bonds is 7. The van der Waals surface area contributed by atoms with E-state index in [1.165, 1.54) is 16.2 Å². The minimum atomic E-state index is -0.336. The van der Waals surface area contributed by atoms with Crippen LogP contribution in [0.25, 0.3) is 0 Å². The molecule has 1 aromatic carbocycles. The summed E-state index contributed by atoms with van der Waals surface area (Å²) in [4.78, 5) is 31.2. The molecule has 2 heterocycles. The van der Waals surface area contributed by atoms with Gasteiger partial charge in [0.2, 0.25) is 5.91 Å². The van der Waals surface area contributed by atoms with Crippen molar-refractivity contribution in [3.05, 3.63) is 49.8 Å². The van der Waals surface area contributed by atoms with E-state index < -0.39 is 0 Å². The first-order valence-electron chi connectivity index (χ1n) is 11.8. The number of nitrogens with one attached hydrogen (secondary N) is 1. The number of piperazine rings is 1. The van der Waals surface area contributed by atoms with Crippen LogP contribution in [0.15, 0.2) is 18.2 Å². The van der Waals surface area contributed by atoms with Crippen molar-refractivity contribution in [2.24, 2.45) is 5.92 Å². The lowest BCUT2D eigenvalue weighted by Gasteiger charge is -2.34. The fourth-order valence-electron chi connectivity index (χ4n) is 4.64. The SMILES string of the molecule is CCOC(=O)c1c(NC(=O)CN2CCN(Cc3c(Cl)cccc3Cl)CC2)sc2c1CCC(C)C2. The van der Waals surface area contributed by atoms with Crippen LogP contribution in [-0.4, -0.2) is 61.0 Å². The Morgan fingerprint density at radius 2 is 1.82 bits per heavy atom. The number of benzene rings is 1. The lowest BCUT2D eigenvalue weighted by Crippen LogP contribution is -2.48. The Labute approximate surface area is 215 Å². The van der Waals surface area contributed by atoms with E-state index in [1.54, 1.807) is 6.92 Å². The molecule has 1 atom stereocenters.